The summed E-state index contributed by atoms with van der Waals surface area (Å²) < 4.78 is 9.87. The molecule has 0 saturated carbocycles. The lowest BCUT2D eigenvalue weighted by Gasteiger charge is -2.25. The number of carbonyl (C=O) groups is 2. The van der Waals surface area contributed by atoms with Gasteiger partial charge in [0, 0.05) is 26.2 Å². The maximum absolute atomic E-state index is 12.1. The van der Waals surface area contributed by atoms with Gasteiger partial charge in [-0.15, -0.1) is 0 Å². The second-order valence-corrected chi connectivity index (χ2v) is 5.15. The zero-order chi connectivity index (χ0) is 16.8. The summed E-state index contributed by atoms with van der Waals surface area (Å²) in [6, 6.07) is 7.45. The number of benzene rings is 1. The van der Waals surface area contributed by atoms with Crippen LogP contribution in [0.5, 0.6) is 0 Å². The van der Waals surface area contributed by atoms with Gasteiger partial charge in [-0.05, 0) is 31.5 Å². The molecule has 0 aliphatic rings. The van der Waals surface area contributed by atoms with Crippen molar-refractivity contribution >= 4 is 17.6 Å². The third-order valence-corrected chi connectivity index (χ3v) is 3.22. The second-order valence-electron chi connectivity index (χ2n) is 5.15. The van der Waals surface area contributed by atoms with Crippen LogP contribution in [0, 0.1) is 0 Å². The van der Waals surface area contributed by atoms with Crippen LogP contribution in [0.15, 0.2) is 24.3 Å². The van der Waals surface area contributed by atoms with E-state index in [2.05, 4.69) is 0 Å². The monoisotopic (exact) mass is 308 g/mol. The van der Waals surface area contributed by atoms with Crippen molar-refractivity contribution < 1.29 is 19.1 Å². The lowest BCUT2D eigenvalue weighted by atomic mass is 9.91. The van der Waals surface area contributed by atoms with Gasteiger partial charge in [0.1, 0.15) is 0 Å². The van der Waals surface area contributed by atoms with Crippen LogP contribution >= 0.6 is 0 Å². The number of carbonyl (C=O) groups excluding carboxylic acids is 2. The van der Waals surface area contributed by atoms with E-state index in [-0.39, 0.29) is 19.6 Å². The summed E-state index contributed by atoms with van der Waals surface area (Å²) in [4.78, 5) is 26.2. The number of nitrogens with two attached hydrogens (primary N) is 1. The number of hydrogen-bond acceptors (Lipinski definition) is 6. The molecule has 122 valence electrons. The summed E-state index contributed by atoms with van der Waals surface area (Å²) in [5.41, 5.74) is 5.97. The van der Waals surface area contributed by atoms with E-state index in [1.807, 2.05) is 43.3 Å². The van der Waals surface area contributed by atoms with Crippen molar-refractivity contribution in [3.05, 3.63) is 29.8 Å². The van der Waals surface area contributed by atoms with E-state index in [9.17, 15) is 9.59 Å². The smallest absolute Gasteiger partial charge is 0.338 e. The van der Waals surface area contributed by atoms with Gasteiger partial charge in [0.2, 0.25) is 5.54 Å². The van der Waals surface area contributed by atoms with Crippen LogP contribution in [-0.4, -0.2) is 44.8 Å². The van der Waals surface area contributed by atoms with E-state index >= 15 is 0 Å². The van der Waals surface area contributed by atoms with Crippen LogP contribution in [0.3, 0.4) is 0 Å². The van der Waals surface area contributed by atoms with E-state index in [1.165, 1.54) is 0 Å². The molecule has 0 aliphatic carbocycles. The summed E-state index contributed by atoms with van der Waals surface area (Å²) >= 11 is 0. The molecule has 0 radical (unpaired) electrons. The van der Waals surface area contributed by atoms with Gasteiger partial charge in [0.05, 0.1) is 13.2 Å². The SMILES string of the molecule is CCOC(=O)C(N)(Cc1ccc(N(C)C)cc1)C(=O)OCC. The Morgan fingerprint density at radius 3 is 1.86 bits per heavy atom. The van der Waals surface area contributed by atoms with E-state index < -0.39 is 17.5 Å². The van der Waals surface area contributed by atoms with Crippen molar-refractivity contribution in [2.45, 2.75) is 25.8 Å². The Morgan fingerprint density at radius 1 is 1.05 bits per heavy atom. The molecule has 0 bridgehead atoms. The Hall–Kier alpha value is -2.08. The third kappa shape index (κ3) is 4.21. The van der Waals surface area contributed by atoms with Crippen molar-refractivity contribution in [3.8, 4) is 0 Å². The molecule has 2 N–H and O–H groups in total. The minimum atomic E-state index is -1.83. The molecule has 0 atom stereocenters. The maximum Gasteiger partial charge on any atom is 0.338 e. The Bertz CT molecular complexity index is 493. The van der Waals surface area contributed by atoms with Gasteiger partial charge in [-0.3, -0.25) is 0 Å². The highest BCUT2D eigenvalue weighted by Gasteiger charge is 2.45. The summed E-state index contributed by atoms with van der Waals surface area (Å²) in [6.07, 6.45) is 0.0262. The topological polar surface area (TPSA) is 81.9 Å². The Labute approximate surface area is 131 Å². The van der Waals surface area contributed by atoms with Gasteiger partial charge >= 0.3 is 11.9 Å². The number of hydrogen-bond donors (Lipinski definition) is 1. The first kappa shape index (κ1) is 18.0. The molecule has 0 aromatic heterocycles. The normalized spacial score (nSPS) is 11.0. The fourth-order valence-corrected chi connectivity index (χ4v) is 1.98. The summed E-state index contributed by atoms with van der Waals surface area (Å²) in [6.45, 7) is 3.62. The van der Waals surface area contributed by atoms with Crippen molar-refractivity contribution in [2.24, 2.45) is 5.73 Å². The molecule has 1 aromatic carbocycles. The molecule has 6 heteroatoms. The van der Waals surface area contributed by atoms with Gasteiger partial charge in [0.25, 0.3) is 0 Å². The molecule has 22 heavy (non-hydrogen) atoms. The van der Waals surface area contributed by atoms with E-state index in [0.29, 0.717) is 0 Å². The lowest BCUT2D eigenvalue weighted by Crippen LogP contribution is -2.58. The number of rotatable bonds is 7. The molecule has 1 rings (SSSR count). The minimum Gasteiger partial charge on any atom is -0.464 e. The van der Waals surface area contributed by atoms with E-state index in [0.717, 1.165) is 11.3 Å². The quantitative estimate of drug-likeness (QED) is 0.600. The largest absolute Gasteiger partial charge is 0.464 e. The van der Waals surface area contributed by atoms with Gasteiger partial charge < -0.3 is 20.1 Å². The maximum atomic E-state index is 12.1. The Balaban J connectivity index is 3.02. The molecule has 0 saturated heterocycles. The highest BCUT2D eigenvalue weighted by Crippen LogP contribution is 2.18. The fraction of sp³-hybridized carbons (Fsp3) is 0.500. The molecular formula is C16H24N2O4. The van der Waals surface area contributed by atoms with E-state index in [4.69, 9.17) is 15.2 Å². The Morgan fingerprint density at radius 2 is 1.50 bits per heavy atom. The fourth-order valence-electron chi connectivity index (χ4n) is 1.98. The number of anilines is 1. The lowest BCUT2D eigenvalue weighted by molar-refractivity contribution is -0.163. The minimum absolute atomic E-state index is 0.0262. The van der Waals surface area contributed by atoms with Crippen LogP contribution in [0.4, 0.5) is 5.69 Å². The molecule has 0 amide bonds. The van der Waals surface area contributed by atoms with Crippen molar-refractivity contribution in [2.75, 3.05) is 32.2 Å². The van der Waals surface area contributed by atoms with Crippen molar-refractivity contribution in [3.63, 3.8) is 0 Å². The summed E-state index contributed by atoms with van der Waals surface area (Å²) in [7, 11) is 3.86. The van der Waals surface area contributed by atoms with Crippen molar-refractivity contribution in [1.29, 1.82) is 0 Å². The highest BCUT2D eigenvalue weighted by atomic mass is 16.6. The zero-order valence-corrected chi connectivity index (χ0v) is 13.6. The van der Waals surface area contributed by atoms with E-state index in [1.54, 1.807) is 13.8 Å². The molecule has 0 aliphatic heterocycles. The predicted octanol–water partition coefficient (Wildman–Crippen LogP) is 1.12. The summed E-state index contributed by atoms with van der Waals surface area (Å²) in [5, 5.41) is 0. The van der Waals surface area contributed by atoms with Crippen LogP contribution in [0.1, 0.15) is 19.4 Å². The molecule has 0 unspecified atom stereocenters. The first-order valence-corrected chi connectivity index (χ1v) is 7.24. The van der Waals surface area contributed by atoms with Crippen LogP contribution in [0.25, 0.3) is 0 Å². The van der Waals surface area contributed by atoms with Gasteiger partial charge in [-0.1, -0.05) is 12.1 Å². The molecule has 0 spiro atoms. The molecule has 0 fully saturated rings. The van der Waals surface area contributed by atoms with Crippen LogP contribution in [-0.2, 0) is 25.5 Å². The van der Waals surface area contributed by atoms with Crippen molar-refractivity contribution in [1.82, 2.24) is 0 Å². The number of nitrogens with zero attached hydrogens (tertiary/aromatic N) is 1. The molecule has 6 nitrogen and oxygen atoms in total. The van der Waals surface area contributed by atoms with Gasteiger partial charge in [0.15, 0.2) is 0 Å². The highest BCUT2D eigenvalue weighted by molar-refractivity contribution is 6.05. The third-order valence-electron chi connectivity index (χ3n) is 3.22. The van der Waals surface area contributed by atoms with Crippen LogP contribution < -0.4 is 10.6 Å². The predicted molar refractivity (Wildman–Crippen MR) is 84.7 cm³/mol. The molecule has 1 aromatic rings. The summed E-state index contributed by atoms with van der Waals surface area (Å²) in [5.74, 6) is -1.55. The van der Waals surface area contributed by atoms with Crippen LogP contribution in [0.2, 0.25) is 0 Å². The first-order chi connectivity index (χ1) is 10.3. The number of esters is 2. The zero-order valence-electron chi connectivity index (χ0n) is 13.6. The Kier molecular flexibility index (Phi) is 6.37. The second kappa shape index (κ2) is 7.79. The molecular weight excluding hydrogens is 284 g/mol. The van der Waals surface area contributed by atoms with Gasteiger partial charge in [-0.25, -0.2) is 9.59 Å². The average molecular weight is 308 g/mol. The standard InChI is InChI=1S/C16H24N2O4/c1-5-21-14(19)16(17,15(20)22-6-2)11-12-7-9-13(10-8-12)18(3)4/h7-10H,5-6,11,17H2,1-4H3. The first-order valence-electron chi connectivity index (χ1n) is 7.24. The average Bonchev–Trinajstić information content (AvgIpc) is 2.48. The molecule has 0 heterocycles. The van der Waals surface area contributed by atoms with Gasteiger partial charge in [-0.2, -0.15) is 0 Å². The number of ether oxygens (including phenoxy) is 2.